The highest BCUT2D eigenvalue weighted by atomic mass is 16.1. The minimum absolute atomic E-state index is 0.0324. The van der Waals surface area contributed by atoms with Crippen LogP contribution in [0.25, 0.3) is 44.5 Å². The van der Waals surface area contributed by atoms with E-state index < -0.39 is 0 Å². The molecule has 0 atom stereocenters. The number of nitrogens with zero attached hydrogens (tertiary/aromatic N) is 3. The Bertz CT molecular complexity index is 1470. The lowest BCUT2D eigenvalue weighted by molar-refractivity contribution is 1.28. The molecule has 0 fully saturated rings. The number of hydrogen-bond acceptors (Lipinski definition) is 4. The Morgan fingerprint density at radius 1 is 0.828 bits per heavy atom. The fourth-order valence-electron chi connectivity index (χ4n) is 3.50. The highest BCUT2D eigenvalue weighted by molar-refractivity contribution is 6.03. The maximum atomic E-state index is 12.5. The van der Waals surface area contributed by atoms with Gasteiger partial charge in [-0.25, -0.2) is 4.98 Å². The van der Waals surface area contributed by atoms with Gasteiger partial charge in [-0.3, -0.25) is 9.78 Å². The smallest absolute Gasteiger partial charge is 0.207 e. The zero-order valence-corrected chi connectivity index (χ0v) is 15.3. The highest BCUT2D eigenvalue weighted by Gasteiger charge is 2.15. The van der Waals surface area contributed by atoms with Crippen molar-refractivity contribution in [3.63, 3.8) is 0 Å². The Balaban J connectivity index is 1.90. The first kappa shape index (κ1) is 16.8. The molecule has 3 aromatic carbocycles. The van der Waals surface area contributed by atoms with Crippen LogP contribution in [-0.2, 0) is 0 Å². The van der Waals surface area contributed by atoms with Crippen molar-refractivity contribution in [2.24, 2.45) is 0 Å². The van der Waals surface area contributed by atoms with E-state index in [0.29, 0.717) is 16.4 Å². The number of pyridine rings is 1. The number of rotatable bonds is 2. The van der Waals surface area contributed by atoms with Crippen LogP contribution in [0, 0.1) is 11.3 Å². The number of nitrogens with one attached hydrogen (secondary N) is 1. The number of hydrogen-bond donors (Lipinski definition) is 1. The summed E-state index contributed by atoms with van der Waals surface area (Å²) >= 11 is 0. The van der Waals surface area contributed by atoms with Crippen LogP contribution in [-0.4, -0.2) is 15.0 Å². The Kier molecular flexibility index (Phi) is 3.89. The Morgan fingerprint density at radius 2 is 1.52 bits per heavy atom. The SMILES string of the molecule is N#Cc1cnc2c(ccc3[nH]c(-c4ccccc4)c(-c4ccccc4)nc32)c1=O. The summed E-state index contributed by atoms with van der Waals surface area (Å²) in [6, 6.07) is 25.3. The molecule has 0 radical (unpaired) electrons. The lowest BCUT2D eigenvalue weighted by Crippen LogP contribution is -2.08. The summed E-state index contributed by atoms with van der Waals surface area (Å²) in [4.78, 5) is 25.3. The number of aromatic amines is 1. The molecule has 0 saturated carbocycles. The number of H-pyrrole nitrogens is 1. The average molecular weight is 374 g/mol. The lowest BCUT2D eigenvalue weighted by atomic mass is 10.0. The molecule has 1 N–H and O–H groups in total. The molecule has 2 aromatic heterocycles. The first-order chi connectivity index (χ1) is 14.3. The second-order valence-corrected chi connectivity index (χ2v) is 6.66. The molecule has 0 aliphatic rings. The fraction of sp³-hybridized carbons (Fsp3) is 0. The zero-order chi connectivity index (χ0) is 19.8. The van der Waals surface area contributed by atoms with E-state index in [1.54, 1.807) is 6.07 Å². The monoisotopic (exact) mass is 374 g/mol. The summed E-state index contributed by atoms with van der Waals surface area (Å²) < 4.78 is 0. The van der Waals surface area contributed by atoms with Crippen LogP contribution in [0.15, 0.2) is 83.8 Å². The Labute approximate surface area is 165 Å². The minimum Gasteiger partial charge on any atom is -0.351 e. The van der Waals surface area contributed by atoms with Gasteiger partial charge < -0.3 is 4.98 Å². The lowest BCUT2D eigenvalue weighted by Gasteiger charge is -2.13. The number of fused-ring (bicyclic) bond motifs is 3. The van der Waals surface area contributed by atoms with E-state index in [1.807, 2.05) is 72.8 Å². The summed E-state index contributed by atoms with van der Waals surface area (Å²) in [6.07, 6.45) is 1.32. The van der Waals surface area contributed by atoms with Crippen molar-refractivity contribution in [1.82, 2.24) is 15.0 Å². The minimum atomic E-state index is -0.324. The predicted molar refractivity (Wildman–Crippen MR) is 113 cm³/mol. The third-order valence-electron chi connectivity index (χ3n) is 4.91. The van der Waals surface area contributed by atoms with E-state index in [2.05, 4.69) is 9.97 Å². The molecular weight excluding hydrogens is 360 g/mol. The van der Waals surface area contributed by atoms with E-state index in [0.717, 1.165) is 28.0 Å². The second-order valence-electron chi connectivity index (χ2n) is 6.66. The van der Waals surface area contributed by atoms with E-state index in [-0.39, 0.29) is 11.0 Å². The summed E-state index contributed by atoms with van der Waals surface area (Å²) in [7, 11) is 0. The van der Waals surface area contributed by atoms with Gasteiger partial charge in [0.05, 0.1) is 22.3 Å². The third kappa shape index (κ3) is 2.75. The molecule has 136 valence electrons. The molecule has 0 spiro atoms. The van der Waals surface area contributed by atoms with E-state index >= 15 is 0 Å². The summed E-state index contributed by atoms with van der Waals surface area (Å²) in [5.74, 6) is 0. The molecule has 0 aliphatic heterocycles. The van der Waals surface area contributed by atoms with Crippen molar-refractivity contribution in [3.8, 4) is 28.6 Å². The maximum absolute atomic E-state index is 12.5. The van der Waals surface area contributed by atoms with Crippen molar-refractivity contribution < 1.29 is 0 Å². The van der Waals surface area contributed by atoms with Gasteiger partial charge in [-0.05, 0) is 12.1 Å². The Morgan fingerprint density at radius 3 is 2.21 bits per heavy atom. The van der Waals surface area contributed by atoms with Crippen molar-refractivity contribution in [2.45, 2.75) is 0 Å². The molecule has 0 saturated heterocycles. The van der Waals surface area contributed by atoms with Crippen LogP contribution in [0.3, 0.4) is 0 Å². The summed E-state index contributed by atoms with van der Waals surface area (Å²) in [6.45, 7) is 0. The second kappa shape index (κ2) is 6.70. The maximum Gasteiger partial charge on any atom is 0.207 e. The third-order valence-corrected chi connectivity index (χ3v) is 4.91. The first-order valence-electron chi connectivity index (χ1n) is 9.13. The molecule has 5 aromatic rings. The largest absolute Gasteiger partial charge is 0.351 e. The van der Waals surface area contributed by atoms with Crippen LogP contribution < -0.4 is 5.43 Å². The van der Waals surface area contributed by atoms with Gasteiger partial charge in [-0.2, -0.15) is 5.26 Å². The van der Waals surface area contributed by atoms with Crippen molar-refractivity contribution in [3.05, 3.63) is 94.8 Å². The van der Waals surface area contributed by atoms with Crippen molar-refractivity contribution >= 4 is 21.9 Å². The van der Waals surface area contributed by atoms with Gasteiger partial charge in [0.2, 0.25) is 5.43 Å². The quantitative estimate of drug-likeness (QED) is 0.455. The van der Waals surface area contributed by atoms with Crippen molar-refractivity contribution in [2.75, 3.05) is 0 Å². The van der Waals surface area contributed by atoms with Gasteiger partial charge in [0, 0.05) is 17.3 Å². The predicted octanol–water partition coefficient (Wildman–Crippen LogP) is 4.68. The molecule has 5 rings (SSSR count). The normalized spacial score (nSPS) is 10.9. The van der Waals surface area contributed by atoms with Gasteiger partial charge in [0.25, 0.3) is 0 Å². The van der Waals surface area contributed by atoms with E-state index in [4.69, 9.17) is 10.2 Å². The van der Waals surface area contributed by atoms with Gasteiger partial charge in [0.1, 0.15) is 22.7 Å². The van der Waals surface area contributed by atoms with Crippen LogP contribution in [0.4, 0.5) is 0 Å². The van der Waals surface area contributed by atoms with Crippen LogP contribution in [0.1, 0.15) is 5.56 Å². The Hall–Kier alpha value is -4.30. The van der Waals surface area contributed by atoms with Crippen LogP contribution >= 0.6 is 0 Å². The molecule has 0 bridgehead atoms. The molecule has 0 amide bonds. The summed E-state index contributed by atoms with van der Waals surface area (Å²) in [5, 5.41) is 9.53. The standard InChI is InChI=1S/C24H14N4O/c25-13-17-14-26-22-18(24(17)29)11-12-19-23(22)28-21(16-9-5-2-6-10-16)20(27-19)15-7-3-1-4-8-15/h1-12,14,27H. The molecule has 5 heteroatoms. The zero-order valence-electron chi connectivity index (χ0n) is 15.3. The molecule has 0 unspecified atom stereocenters. The first-order valence-corrected chi connectivity index (χ1v) is 9.13. The topological polar surface area (TPSA) is 82.4 Å². The van der Waals surface area contributed by atoms with Crippen LogP contribution in [0.5, 0.6) is 0 Å². The number of benzene rings is 3. The van der Waals surface area contributed by atoms with Gasteiger partial charge >= 0.3 is 0 Å². The molecule has 5 nitrogen and oxygen atoms in total. The van der Waals surface area contributed by atoms with Crippen molar-refractivity contribution in [1.29, 1.82) is 5.26 Å². The molecule has 2 heterocycles. The van der Waals surface area contributed by atoms with E-state index in [1.165, 1.54) is 6.20 Å². The summed E-state index contributed by atoms with van der Waals surface area (Å²) in [5.41, 5.74) is 5.19. The van der Waals surface area contributed by atoms with Gasteiger partial charge in [-0.1, -0.05) is 60.7 Å². The number of aromatic nitrogens is 3. The van der Waals surface area contributed by atoms with Gasteiger partial charge in [-0.15, -0.1) is 0 Å². The number of nitriles is 1. The highest BCUT2D eigenvalue weighted by Crippen LogP contribution is 2.32. The molecule has 29 heavy (non-hydrogen) atoms. The van der Waals surface area contributed by atoms with E-state index in [9.17, 15) is 4.79 Å². The average Bonchev–Trinajstić information content (AvgIpc) is 2.79. The fourth-order valence-corrected chi connectivity index (χ4v) is 3.50. The van der Waals surface area contributed by atoms with Crippen LogP contribution in [0.2, 0.25) is 0 Å². The molecular formula is C24H14N4O. The van der Waals surface area contributed by atoms with Gasteiger partial charge in [0.15, 0.2) is 0 Å². The molecule has 0 aliphatic carbocycles.